The third kappa shape index (κ3) is 1.50. The Labute approximate surface area is 79.6 Å². The quantitative estimate of drug-likeness (QED) is 0.592. The molecule has 0 radical (unpaired) electrons. The fraction of sp³-hybridized carbons (Fsp3) is 0.727. The van der Waals surface area contributed by atoms with E-state index in [0.29, 0.717) is 17.7 Å². The summed E-state index contributed by atoms with van der Waals surface area (Å²) in [5.74, 6) is 1.40. The Morgan fingerprint density at radius 2 is 2.38 bits per heavy atom. The van der Waals surface area contributed by atoms with Crippen molar-refractivity contribution in [3.63, 3.8) is 0 Å². The van der Waals surface area contributed by atoms with Crippen LogP contribution in [0.3, 0.4) is 0 Å². The molecule has 0 aromatic carbocycles. The number of fused-ring (bicyclic) bond motifs is 1. The smallest absolute Gasteiger partial charge is 0.226 e. The minimum atomic E-state index is 0.361. The number of carbonyl (C=O) groups excluding carboxylic acids is 1. The lowest BCUT2D eigenvalue weighted by molar-refractivity contribution is -0.130. The van der Waals surface area contributed by atoms with Crippen LogP contribution in [0.2, 0.25) is 0 Å². The molecule has 2 unspecified atom stereocenters. The molecule has 0 N–H and O–H groups in total. The molecule has 0 spiro atoms. The van der Waals surface area contributed by atoms with Gasteiger partial charge >= 0.3 is 0 Å². The molecule has 2 heteroatoms. The zero-order valence-electron chi connectivity index (χ0n) is 8.25. The monoisotopic (exact) mass is 179 g/mol. The van der Waals surface area contributed by atoms with Gasteiger partial charge in [0.2, 0.25) is 5.91 Å². The van der Waals surface area contributed by atoms with Crippen LogP contribution in [-0.4, -0.2) is 23.9 Å². The summed E-state index contributed by atoms with van der Waals surface area (Å²) in [6.45, 7) is 7.59. The Bertz CT molecular complexity index is 246. The van der Waals surface area contributed by atoms with E-state index in [-0.39, 0.29) is 0 Å². The van der Waals surface area contributed by atoms with Crippen molar-refractivity contribution in [2.75, 3.05) is 13.1 Å². The Kier molecular flexibility index (Phi) is 2.14. The zero-order valence-corrected chi connectivity index (χ0v) is 8.25. The molecule has 2 rings (SSSR count). The van der Waals surface area contributed by atoms with Crippen LogP contribution < -0.4 is 0 Å². The number of hydrogen-bond acceptors (Lipinski definition) is 1. The summed E-state index contributed by atoms with van der Waals surface area (Å²) in [4.78, 5) is 13.8. The number of hydrogen-bond donors (Lipinski definition) is 0. The first-order valence-electron chi connectivity index (χ1n) is 5.11. The molecule has 0 aromatic rings. The zero-order chi connectivity index (χ0) is 9.42. The minimum absolute atomic E-state index is 0.361. The van der Waals surface area contributed by atoms with Gasteiger partial charge in [0.15, 0.2) is 0 Å². The van der Waals surface area contributed by atoms with Crippen molar-refractivity contribution in [3.8, 4) is 0 Å². The molecular formula is C11H17NO. The van der Waals surface area contributed by atoms with Crippen molar-refractivity contribution in [2.24, 2.45) is 11.8 Å². The van der Waals surface area contributed by atoms with E-state index in [9.17, 15) is 4.79 Å². The summed E-state index contributed by atoms with van der Waals surface area (Å²) in [7, 11) is 0. The Morgan fingerprint density at radius 1 is 1.62 bits per heavy atom. The molecule has 0 bridgehead atoms. The summed E-state index contributed by atoms with van der Waals surface area (Å²) >= 11 is 0. The summed E-state index contributed by atoms with van der Waals surface area (Å²) < 4.78 is 0. The van der Waals surface area contributed by atoms with Crippen molar-refractivity contribution in [3.05, 3.63) is 12.2 Å². The Hall–Kier alpha value is -0.790. The predicted molar refractivity (Wildman–Crippen MR) is 52.2 cm³/mol. The topological polar surface area (TPSA) is 20.3 Å². The first kappa shape index (κ1) is 8.79. The summed E-state index contributed by atoms with van der Waals surface area (Å²) in [5, 5.41) is 0. The van der Waals surface area contributed by atoms with Crippen LogP contribution in [0.1, 0.15) is 26.2 Å². The molecule has 1 heterocycles. The van der Waals surface area contributed by atoms with E-state index in [2.05, 4.69) is 6.58 Å². The van der Waals surface area contributed by atoms with Gasteiger partial charge in [0.25, 0.3) is 0 Å². The van der Waals surface area contributed by atoms with Crippen LogP contribution in [0.25, 0.3) is 0 Å². The molecule has 13 heavy (non-hydrogen) atoms. The SMILES string of the molecule is C=C(C)CN1CC2CCCC2C1=O. The van der Waals surface area contributed by atoms with Crippen LogP contribution in [0.4, 0.5) is 0 Å². The predicted octanol–water partition coefficient (Wildman–Crippen LogP) is 1.82. The fourth-order valence-corrected chi connectivity index (χ4v) is 2.66. The van der Waals surface area contributed by atoms with E-state index >= 15 is 0 Å². The average molecular weight is 179 g/mol. The Morgan fingerprint density at radius 3 is 3.00 bits per heavy atom. The van der Waals surface area contributed by atoms with E-state index in [1.165, 1.54) is 12.8 Å². The minimum Gasteiger partial charge on any atom is -0.338 e. The highest BCUT2D eigenvalue weighted by Crippen LogP contribution is 2.38. The summed E-state index contributed by atoms with van der Waals surface area (Å²) in [6, 6.07) is 0. The molecule has 2 nitrogen and oxygen atoms in total. The lowest BCUT2D eigenvalue weighted by Gasteiger charge is -2.17. The van der Waals surface area contributed by atoms with Gasteiger partial charge in [-0.3, -0.25) is 4.79 Å². The van der Waals surface area contributed by atoms with Crippen molar-refractivity contribution < 1.29 is 4.79 Å². The third-order valence-electron chi connectivity index (χ3n) is 3.20. The summed E-state index contributed by atoms with van der Waals surface area (Å²) in [5.41, 5.74) is 1.09. The van der Waals surface area contributed by atoms with Gasteiger partial charge in [-0.15, -0.1) is 0 Å². The number of nitrogens with zero attached hydrogens (tertiary/aromatic N) is 1. The van der Waals surface area contributed by atoms with E-state index in [0.717, 1.165) is 25.1 Å². The number of amides is 1. The third-order valence-corrected chi connectivity index (χ3v) is 3.20. The van der Waals surface area contributed by atoms with Crippen LogP contribution in [0.5, 0.6) is 0 Å². The maximum atomic E-state index is 11.8. The van der Waals surface area contributed by atoms with E-state index in [1.807, 2.05) is 11.8 Å². The molecule has 1 aliphatic heterocycles. The fourth-order valence-electron chi connectivity index (χ4n) is 2.66. The van der Waals surface area contributed by atoms with Gasteiger partial charge in [-0.25, -0.2) is 0 Å². The molecule has 1 saturated carbocycles. The van der Waals surface area contributed by atoms with Crippen molar-refractivity contribution >= 4 is 5.91 Å². The molecule has 0 aromatic heterocycles. The maximum Gasteiger partial charge on any atom is 0.226 e. The lowest BCUT2D eigenvalue weighted by Crippen LogP contribution is -2.28. The van der Waals surface area contributed by atoms with Crippen molar-refractivity contribution in [1.82, 2.24) is 4.90 Å². The normalized spacial score (nSPS) is 32.4. The lowest BCUT2D eigenvalue weighted by atomic mass is 10.0. The summed E-state index contributed by atoms with van der Waals surface area (Å²) in [6.07, 6.45) is 3.63. The second kappa shape index (κ2) is 3.17. The number of carbonyl (C=O) groups is 1. The Balaban J connectivity index is 2.02. The van der Waals surface area contributed by atoms with Crippen LogP contribution in [0.15, 0.2) is 12.2 Å². The second-order valence-corrected chi connectivity index (χ2v) is 4.47. The molecule has 1 aliphatic carbocycles. The first-order valence-corrected chi connectivity index (χ1v) is 5.11. The molecule has 2 aliphatic rings. The highest BCUT2D eigenvalue weighted by atomic mass is 16.2. The van der Waals surface area contributed by atoms with Gasteiger partial charge in [0.05, 0.1) is 0 Å². The number of rotatable bonds is 2. The first-order chi connectivity index (χ1) is 6.18. The van der Waals surface area contributed by atoms with Crippen LogP contribution >= 0.6 is 0 Å². The van der Waals surface area contributed by atoms with Crippen LogP contribution in [-0.2, 0) is 4.79 Å². The molecule has 72 valence electrons. The second-order valence-electron chi connectivity index (χ2n) is 4.47. The molecule has 2 atom stereocenters. The van der Waals surface area contributed by atoms with Gasteiger partial charge in [0.1, 0.15) is 0 Å². The highest BCUT2D eigenvalue weighted by Gasteiger charge is 2.42. The highest BCUT2D eigenvalue weighted by molar-refractivity contribution is 5.82. The van der Waals surface area contributed by atoms with Crippen molar-refractivity contribution in [2.45, 2.75) is 26.2 Å². The molecular weight excluding hydrogens is 162 g/mol. The van der Waals surface area contributed by atoms with Gasteiger partial charge in [-0.1, -0.05) is 18.6 Å². The maximum absolute atomic E-state index is 11.8. The van der Waals surface area contributed by atoms with Gasteiger partial charge < -0.3 is 4.90 Å². The van der Waals surface area contributed by atoms with Gasteiger partial charge in [-0.05, 0) is 25.7 Å². The van der Waals surface area contributed by atoms with Gasteiger partial charge in [-0.2, -0.15) is 0 Å². The van der Waals surface area contributed by atoms with Gasteiger partial charge in [0, 0.05) is 19.0 Å². The number of likely N-dealkylation sites (tertiary alicyclic amines) is 1. The molecule has 1 saturated heterocycles. The molecule has 1 amide bonds. The van der Waals surface area contributed by atoms with Crippen LogP contribution in [0, 0.1) is 11.8 Å². The average Bonchev–Trinajstić information content (AvgIpc) is 2.56. The van der Waals surface area contributed by atoms with E-state index in [4.69, 9.17) is 0 Å². The molecule has 2 fully saturated rings. The largest absolute Gasteiger partial charge is 0.338 e. The standard InChI is InChI=1S/C11H17NO/c1-8(2)6-12-7-9-4-3-5-10(9)11(12)13/h9-10H,1,3-7H2,2H3. The van der Waals surface area contributed by atoms with E-state index in [1.54, 1.807) is 0 Å². The van der Waals surface area contributed by atoms with E-state index < -0.39 is 0 Å². The van der Waals surface area contributed by atoms with Crippen molar-refractivity contribution in [1.29, 1.82) is 0 Å².